The number of amides is 1. The first-order valence-electron chi connectivity index (χ1n) is 9.58. The third-order valence-electron chi connectivity index (χ3n) is 4.82. The number of nitrogens with one attached hydrogen (secondary N) is 1. The zero-order valence-electron chi connectivity index (χ0n) is 17.3. The van der Waals surface area contributed by atoms with Crippen LogP contribution in [-0.2, 0) is 4.79 Å². The number of ether oxygens (including phenoxy) is 2. The lowest BCUT2D eigenvalue weighted by atomic mass is 10.0. The first-order valence-corrected chi connectivity index (χ1v) is 9.58. The molecule has 0 aliphatic carbocycles. The average Bonchev–Trinajstić information content (AvgIpc) is 2.66. The second kappa shape index (κ2) is 9.45. The Morgan fingerprint density at radius 1 is 0.963 bits per heavy atom. The highest BCUT2D eigenvalue weighted by Gasteiger charge is 2.23. The molecule has 1 amide bonds. The van der Waals surface area contributed by atoms with Gasteiger partial charge in [0.05, 0.1) is 13.2 Å². The van der Waals surface area contributed by atoms with E-state index in [2.05, 4.69) is 18.3 Å². The Hall–Kier alpha value is -2.49. The Morgan fingerprint density at radius 2 is 1.70 bits per heavy atom. The van der Waals surface area contributed by atoms with E-state index in [1.165, 1.54) is 0 Å². The third kappa shape index (κ3) is 5.25. The standard InChI is InChI=1S/C23H31NO3/c1-7-19(18-11-12-21(26-6)17(5)14-18)24-23(25)20(8-2)27-22-13-15(3)9-10-16(22)4/h9-14,19-20H,7-8H2,1-6H3,(H,24,25)/t19-,20+/m1/s1. The molecule has 0 aliphatic rings. The maximum Gasteiger partial charge on any atom is 0.261 e. The van der Waals surface area contributed by atoms with Crippen LogP contribution in [0, 0.1) is 20.8 Å². The van der Waals surface area contributed by atoms with E-state index < -0.39 is 6.10 Å². The molecule has 4 nitrogen and oxygen atoms in total. The van der Waals surface area contributed by atoms with E-state index in [4.69, 9.17) is 9.47 Å². The van der Waals surface area contributed by atoms with Crippen molar-refractivity contribution in [1.29, 1.82) is 0 Å². The Bertz CT molecular complexity index is 785. The topological polar surface area (TPSA) is 47.6 Å². The Labute approximate surface area is 162 Å². The Kier molecular flexibility index (Phi) is 7.28. The summed E-state index contributed by atoms with van der Waals surface area (Å²) in [4.78, 5) is 12.9. The van der Waals surface area contributed by atoms with Gasteiger partial charge in [0.2, 0.25) is 0 Å². The van der Waals surface area contributed by atoms with Crippen LogP contribution in [0.5, 0.6) is 11.5 Å². The molecule has 0 bridgehead atoms. The number of methoxy groups -OCH3 is 1. The van der Waals surface area contributed by atoms with Crippen LogP contribution in [0.1, 0.15) is 55.0 Å². The summed E-state index contributed by atoms with van der Waals surface area (Å²) in [5.74, 6) is 1.54. The molecule has 0 aliphatic heterocycles. The van der Waals surface area contributed by atoms with Crippen molar-refractivity contribution < 1.29 is 14.3 Å². The van der Waals surface area contributed by atoms with E-state index in [9.17, 15) is 4.79 Å². The fraction of sp³-hybridized carbons (Fsp3) is 0.435. The lowest BCUT2D eigenvalue weighted by Gasteiger charge is -2.23. The van der Waals surface area contributed by atoms with Gasteiger partial charge in [-0.25, -0.2) is 0 Å². The molecule has 0 fully saturated rings. The summed E-state index contributed by atoms with van der Waals surface area (Å²) in [6.07, 6.45) is 0.897. The van der Waals surface area contributed by atoms with Gasteiger partial charge in [-0.1, -0.05) is 38.1 Å². The highest BCUT2D eigenvalue weighted by Crippen LogP contribution is 2.25. The van der Waals surface area contributed by atoms with Gasteiger partial charge < -0.3 is 14.8 Å². The molecule has 2 aromatic rings. The van der Waals surface area contributed by atoms with Crippen molar-refractivity contribution in [2.24, 2.45) is 0 Å². The van der Waals surface area contributed by atoms with Gasteiger partial charge in [-0.15, -0.1) is 0 Å². The first-order chi connectivity index (χ1) is 12.9. The molecule has 0 saturated heterocycles. The molecule has 27 heavy (non-hydrogen) atoms. The van der Waals surface area contributed by atoms with Crippen LogP contribution in [0.25, 0.3) is 0 Å². The molecule has 0 heterocycles. The fourth-order valence-electron chi connectivity index (χ4n) is 3.11. The highest BCUT2D eigenvalue weighted by atomic mass is 16.5. The van der Waals surface area contributed by atoms with Gasteiger partial charge in [0, 0.05) is 0 Å². The smallest absolute Gasteiger partial charge is 0.261 e. The molecule has 4 heteroatoms. The quantitative estimate of drug-likeness (QED) is 0.709. The minimum absolute atomic E-state index is 0.0571. The van der Waals surface area contributed by atoms with Crippen molar-refractivity contribution in [3.8, 4) is 11.5 Å². The van der Waals surface area contributed by atoms with E-state index in [0.717, 1.165) is 40.2 Å². The van der Waals surface area contributed by atoms with Gasteiger partial charge in [0.1, 0.15) is 11.5 Å². The maximum atomic E-state index is 12.9. The lowest BCUT2D eigenvalue weighted by Crippen LogP contribution is -2.40. The molecule has 0 unspecified atom stereocenters. The van der Waals surface area contributed by atoms with E-state index in [1.807, 2.05) is 58.0 Å². The Balaban J connectivity index is 2.14. The summed E-state index contributed by atoms with van der Waals surface area (Å²) in [6.45, 7) is 10.1. The van der Waals surface area contributed by atoms with Crippen LogP contribution in [0.3, 0.4) is 0 Å². The molecule has 0 aromatic heterocycles. The second-order valence-electron chi connectivity index (χ2n) is 6.98. The largest absolute Gasteiger partial charge is 0.496 e. The number of carbonyl (C=O) groups excluding carboxylic acids is 1. The normalized spacial score (nSPS) is 13.0. The predicted molar refractivity (Wildman–Crippen MR) is 110 cm³/mol. The van der Waals surface area contributed by atoms with Crippen molar-refractivity contribution in [3.63, 3.8) is 0 Å². The molecule has 2 aromatic carbocycles. The second-order valence-corrected chi connectivity index (χ2v) is 6.98. The van der Waals surface area contributed by atoms with Crippen LogP contribution in [0.4, 0.5) is 0 Å². The monoisotopic (exact) mass is 369 g/mol. The summed E-state index contributed by atoms with van der Waals surface area (Å²) < 4.78 is 11.4. The van der Waals surface area contributed by atoms with E-state index in [1.54, 1.807) is 7.11 Å². The first kappa shape index (κ1) is 20.8. The van der Waals surface area contributed by atoms with Crippen LogP contribution < -0.4 is 14.8 Å². The van der Waals surface area contributed by atoms with Crippen LogP contribution >= 0.6 is 0 Å². The molecular formula is C23H31NO3. The third-order valence-corrected chi connectivity index (χ3v) is 4.82. The van der Waals surface area contributed by atoms with Gasteiger partial charge >= 0.3 is 0 Å². The SMILES string of the molecule is CC[C@H](Oc1cc(C)ccc1C)C(=O)N[C@H](CC)c1ccc(OC)c(C)c1. The molecule has 146 valence electrons. The summed E-state index contributed by atoms with van der Waals surface area (Å²) >= 11 is 0. The van der Waals surface area contributed by atoms with Gasteiger partial charge in [-0.05, 0) is 68.0 Å². The minimum atomic E-state index is -0.515. The maximum absolute atomic E-state index is 12.9. The predicted octanol–water partition coefficient (Wildman–Crippen LogP) is 5.05. The van der Waals surface area contributed by atoms with Crippen molar-refractivity contribution in [2.45, 2.75) is 59.6 Å². The zero-order valence-corrected chi connectivity index (χ0v) is 17.3. The average molecular weight is 370 g/mol. The lowest BCUT2D eigenvalue weighted by molar-refractivity contribution is -0.129. The molecule has 0 spiro atoms. The van der Waals surface area contributed by atoms with E-state index in [0.29, 0.717) is 6.42 Å². The van der Waals surface area contributed by atoms with Gasteiger partial charge in [-0.2, -0.15) is 0 Å². The molecule has 0 saturated carbocycles. The summed E-state index contributed by atoms with van der Waals surface area (Å²) in [5.41, 5.74) is 4.28. The number of hydrogen-bond acceptors (Lipinski definition) is 3. The van der Waals surface area contributed by atoms with Crippen LogP contribution in [0.15, 0.2) is 36.4 Å². The van der Waals surface area contributed by atoms with E-state index in [-0.39, 0.29) is 11.9 Å². The fourth-order valence-corrected chi connectivity index (χ4v) is 3.11. The van der Waals surface area contributed by atoms with Gasteiger partial charge in [0.15, 0.2) is 6.10 Å². The number of aryl methyl sites for hydroxylation is 3. The van der Waals surface area contributed by atoms with Crippen molar-refractivity contribution in [3.05, 3.63) is 58.7 Å². The molecule has 2 atom stereocenters. The van der Waals surface area contributed by atoms with Crippen LogP contribution in [0.2, 0.25) is 0 Å². The summed E-state index contributed by atoms with van der Waals surface area (Å²) in [6, 6.07) is 12.0. The number of rotatable bonds is 8. The van der Waals surface area contributed by atoms with Crippen molar-refractivity contribution in [1.82, 2.24) is 5.32 Å². The molecule has 0 radical (unpaired) electrons. The number of carbonyl (C=O) groups is 1. The summed E-state index contributed by atoms with van der Waals surface area (Å²) in [7, 11) is 1.66. The van der Waals surface area contributed by atoms with Crippen molar-refractivity contribution >= 4 is 5.91 Å². The van der Waals surface area contributed by atoms with Crippen molar-refractivity contribution in [2.75, 3.05) is 7.11 Å². The number of benzene rings is 2. The van der Waals surface area contributed by atoms with E-state index >= 15 is 0 Å². The van der Waals surface area contributed by atoms with Crippen LogP contribution in [-0.4, -0.2) is 19.1 Å². The zero-order chi connectivity index (χ0) is 20.0. The summed E-state index contributed by atoms with van der Waals surface area (Å²) in [5, 5.41) is 3.15. The number of hydrogen-bond donors (Lipinski definition) is 1. The van der Waals surface area contributed by atoms with Gasteiger partial charge in [0.25, 0.3) is 5.91 Å². The molecule has 1 N–H and O–H groups in total. The van der Waals surface area contributed by atoms with Gasteiger partial charge in [-0.3, -0.25) is 4.79 Å². The minimum Gasteiger partial charge on any atom is -0.496 e. The molecule has 2 rings (SSSR count). The molecular weight excluding hydrogens is 338 g/mol. The highest BCUT2D eigenvalue weighted by molar-refractivity contribution is 5.81. The Morgan fingerprint density at radius 3 is 2.30 bits per heavy atom.